The van der Waals surface area contributed by atoms with Crippen molar-refractivity contribution in [2.75, 3.05) is 0 Å². The fraction of sp³-hybridized carbons (Fsp3) is 0.400. The summed E-state index contributed by atoms with van der Waals surface area (Å²) in [6.45, 7) is 7.83. The summed E-state index contributed by atoms with van der Waals surface area (Å²) in [6, 6.07) is 0. The zero-order chi connectivity index (χ0) is 15.0. The molecule has 6 nitrogen and oxygen atoms in total. The third-order valence-corrected chi connectivity index (χ3v) is 3.92. The van der Waals surface area contributed by atoms with E-state index < -0.39 is 0 Å². The molecule has 0 spiro atoms. The van der Waals surface area contributed by atoms with Gasteiger partial charge >= 0.3 is 0 Å². The van der Waals surface area contributed by atoms with Crippen LogP contribution in [0.4, 0.5) is 0 Å². The van der Waals surface area contributed by atoms with Crippen LogP contribution in [-0.2, 0) is 20.1 Å². The Kier molecular flexibility index (Phi) is 3.37. The molecule has 0 saturated heterocycles. The lowest BCUT2D eigenvalue weighted by atomic mass is 10.4. The predicted molar refractivity (Wildman–Crippen MR) is 80.9 cm³/mol. The second-order valence-corrected chi connectivity index (χ2v) is 5.24. The molecule has 0 unspecified atom stereocenters. The summed E-state index contributed by atoms with van der Waals surface area (Å²) in [6.07, 6.45) is 7.71. The maximum absolute atomic E-state index is 4.63. The summed E-state index contributed by atoms with van der Waals surface area (Å²) in [7, 11) is 2.02. The van der Waals surface area contributed by atoms with Gasteiger partial charge in [0.05, 0.1) is 24.3 Å². The quantitative estimate of drug-likeness (QED) is 0.738. The van der Waals surface area contributed by atoms with E-state index in [4.69, 9.17) is 0 Å². The smallest absolute Gasteiger partial charge is 0.176 e. The number of aryl methyl sites for hydroxylation is 2. The first-order chi connectivity index (χ1) is 10.1. The molecule has 3 heterocycles. The van der Waals surface area contributed by atoms with E-state index in [1.165, 1.54) is 0 Å². The number of imidazole rings is 3. The van der Waals surface area contributed by atoms with Gasteiger partial charge in [-0.15, -0.1) is 0 Å². The van der Waals surface area contributed by atoms with E-state index in [-0.39, 0.29) is 0 Å². The molecule has 0 bridgehead atoms. The first-order valence-electron chi connectivity index (χ1n) is 7.12. The van der Waals surface area contributed by atoms with Gasteiger partial charge in [-0.05, 0) is 20.8 Å². The molecule has 0 amide bonds. The van der Waals surface area contributed by atoms with Crippen molar-refractivity contribution in [1.29, 1.82) is 0 Å². The molecule has 3 aromatic rings. The van der Waals surface area contributed by atoms with Gasteiger partial charge in [0.2, 0.25) is 0 Å². The van der Waals surface area contributed by atoms with Gasteiger partial charge in [-0.2, -0.15) is 0 Å². The van der Waals surface area contributed by atoms with Crippen LogP contribution in [0, 0.1) is 13.8 Å². The molecule has 0 aliphatic heterocycles. The van der Waals surface area contributed by atoms with E-state index in [1.54, 1.807) is 0 Å². The molecule has 0 saturated carbocycles. The van der Waals surface area contributed by atoms with E-state index in [9.17, 15) is 0 Å². The molecule has 0 N–H and O–H groups in total. The molecule has 21 heavy (non-hydrogen) atoms. The Labute approximate surface area is 124 Å². The Balaban J connectivity index is 1.95. The lowest BCUT2D eigenvalue weighted by Gasteiger charge is -2.06. The SMILES string of the molecule is CCn1cnc(Cn2ccnc2-c2nc(C)c(C)n2C)c1. The van der Waals surface area contributed by atoms with Crippen molar-refractivity contribution in [2.24, 2.45) is 7.05 Å². The van der Waals surface area contributed by atoms with Gasteiger partial charge in [0, 0.05) is 37.9 Å². The minimum absolute atomic E-state index is 0.702. The summed E-state index contributed by atoms with van der Waals surface area (Å²) in [5.41, 5.74) is 3.23. The standard InChI is InChI=1S/C15H20N6/c1-5-20-8-13(17-10-20)9-21-7-6-16-14(21)15-18-11(2)12(3)19(15)4/h6-8,10H,5,9H2,1-4H3. The minimum Gasteiger partial charge on any atom is -0.337 e. The van der Waals surface area contributed by atoms with Crippen LogP contribution in [0.5, 0.6) is 0 Å². The maximum atomic E-state index is 4.63. The van der Waals surface area contributed by atoms with Gasteiger partial charge in [0.25, 0.3) is 0 Å². The third-order valence-electron chi connectivity index (χ3n) is 3.92. The largest absolute Gasteiger partial charge is 0.337 e. The maximum Gasteiger partial charge on any atom is 0.176 e. The Morgan fingerprint density at radius 1 is 1.14 bits per heavy atom. The van der Waals surface area contributed by atoms with Crippen LogP contribution in [0.15, 0.2) is 24.9 Å². The van der Waals surface area contributed by atoms with Crippen molar-refractivity contribution in [3.8, 4) is 11.6 Å². The normalized spacial score (nSPS) is 11.2. The Bertz CT molecular complexity index is 761. The molecule has 0 aromatic carbocycles. The molecular weight excluding hydrogens is 264 g/mol. The van der Waals surface area contributed by atoms with Crippen molar-refractivity contribution in [3.63, 3.8) is 0 Å². The van der Waals surface area contributed by atoms with Crippen LogP contribution in [0.2, 0.25) is 0 Å². The van der Waals surface area contributed by atoms with E-state index in [2.05, 4.69) is 48.7 Å². The lowest BCUT2D eigenvalue weighted by molar-refractivity contribution is 0.750. The summed E-state index contributed by atoms with van der Waals surface area (Å²) in [5.74, 6) is 1.77. The van der Waals surface area contributed by atoms with E-state index >= 15 is 0 Å². The Hall–Kier alpha value is -2.37. The number of rotatable bonds is 4. The van der Waals surface area contributed by atoms with E-state index in [1.807, 2.05) is 32.7 Å². The van der Waals surface area contributed by atoms with Gasteiger partial charge < -0.3 is 13.7 Å². The molecule has 0 radical (unpaired) electrons. The number of hydrogen-bond acceptors (Lipinski definition) is 3. The number of hydrogen-bond donors (Lipinski definition) is 0. The van der Waals surface area contributed by atoms with Crippen LogP contribution in [0.3, 0.4) is 0 Å². The first-order valence-corrected chi connectivity index (χ1v) is 7.12. The van der Waals surface area contributed by atoms with E-state index in [0.717, 1.165) is 35.3 Å². The molecule has 3 aromatic heterocycles. The molecule has 0 fully saturated rings. The highest BCUT2D eigenvalue weighted by atomic mass is 15.2. The Morgan fingerprint density at radius 2 is 1.95 bits per heavy atom. The number of nitrogens with zero attached hydrogens (tertiary/aromatic N) is 6. The first kappa shape index (κ1) is 13.6. The highest BCUT2D eigenvalue weighted by Gasteiger charge is 2.15. The van der Waals surface area contributed by atoms with E-state index in [0.29, 0.717) is 6.54 Å². The van der Waals surface area contributed by atoms with Crippen molar-refractivity contribution in [3.05, 3.63) is 42.0 Å². The van der Waals surface area contributed by atoms with Crippen LogP contribution < -0.4 is 0 Å². The zero-order valence-corrected chi connectivity index (χ0v) is 12.9. The second-order valence-electron chi connectivity index (χ2n) is 5.24. The minimum atomic E-state index is 0.702. The molecule has 0 aliphatic rings. The summed E-state index contributed by atoms with van der Waals surface area (Å²) in [4.78, 5) is 13.5. The van der Waals surface area contributed by atoms with Crippen molar-refractivity contribution in [1.82, 2.24) is 28.7 Å². The Morgan fingerprint density at radius 3 is 2.57 bits per heavy atom. The van der Waals surface area contributed by atoms with Crippen LogP contribution in [-0.4, -0.2) is 28.7 Å². The molecule has 0 aliphatic carbocycles. The van der Waals surface area contributed by atoms with Gasteiger partial charge in [0.15, 0.2) is 11.6 Å². The lowest BCUT2D eigenvalue weighted by Crippen LogP contribution is -2.05. The fourth-order valence-electron chi connectivity index (χ4n) is 2.39. The van der Waals surface area contributed by atoms with Gasteiger partial charge in [-0.25, -0.2) is 15.0 Å². The van der Waals surface area contributed by atoms with Gasteiger partial charge in [-0.3, -0.25) is 0 Å². The fourth-order valence-corrected chi connectivity index (χ4v) is 2.39. The van der Waals surface area contributed by atoms with Crippen molar-refractivity contribution in [2.45, 2.75) is 33.9 Å². The highest BCUT2D eigenvalue weighted by molar-refractivity contribution is 5.47. The molecule has 6 heteroatoms. The highest BCUT2D eigenvalue weighted by Crippen LogP contribution is 2.20. The van der Waals surface area contributed by atoms with Crippen LogP contribution in [0.1, 0.15) is 24.0 Å². The predicted octanol–water partition coefficient (Wildman–Crippen LogP) is 2.17. The molecule has 0 atom stereocenters. The van der Waals surface area contributed by atoms with Crippen LogP contribution in [0.25, 0.3) is 11.6 Å². The molecule has 3 rings (SSSR count). The topological polar surface area (TPSA) is 53.5 Å². The van der Waals surface area contributed by atoms with Crippen molar-refractivity contribution >= 4 is 0 Å². The summed E-state index contributed by atoms with van der Waals surface area (Å²) >= 11 is 0. The zero-order valence-electron chi connectivity index (χ0n) is 12.9. The third kappa shape index (κ3) is 2.37. The number of aromatic nitrogens is 6. The van der Waals surface area contributed by atoms with Crippen LogP contribution >= 0.6 is 0 Å². The van der Waals surface area contributed by atoms with Gasteiger partial charge in [-0.1, -0.05) is 0 Å². The molecular formula is C15H20N6. The summed E-state index contributed by atoms with van der Waals surface area (Å²) < 4.78 is 6.24. The monoisotopic (exact) mass is 284 g/mol. The van der Waals surface area contributed by atoms with Crippen molar-refractivity contribution < 1.29 is 0 Å². The summed E-state index contributed by atoms with van der Waals surface area (Å²) in [5, 5.41) is 0. The average Bonchev–Trinajstić information content (AvgIpc) is 3.17. The van der Waals surface area contributed by atoms with Gasteiger partial charge in [0.1, 0.15) is 0 Å². The second kappa shape index (κ2) is 5.20. The molecule has 110 valence electrons. The average molecular weight is 284 g/mol.